The third-order valence-electron chi connectivity index (χ3n) is 5.10. The second kappa shape index (κ2) is 9.26. The number of pyridine rings is 1. The van der Waals surface area contributed by atoms with Crippen LogP contribution >= 0.6 is 0 Å². The summed E-state index contributed by atoms with van der Waals surface area (Å²) < 4.78 is 24.6. The SMILES string of the molecule is OC1CCC(Cc2cc(-c3ccc(F)cc3)on2)OC1CNCc1cccnc1. The van der Waals surface area contributed by atoms with Crippen LogP contribution < -0.4 is 5.32 Å². The average Bonchev–Trinajstić information content (AvgIpc) is 3.20. The first kappa shape index (κ1) is 19.7. The number of halogens is 1. The van der Waals surface area contributed by atoms with E-state index >= 15 is 0 Å². The molecule has 6 nitrogen and oxygen atoms in total. The molecule has 152 valence electrons. The fraction of sp³-hybridized carbons (Fsp3) is 0.364. The standard InChI is InChI=1S/C22H24FN3O3/c23-17-5-3-16(4-6-17)21-11-18(26-29-21)10-19-7-8-20(27)22(28-19)14-25-13-15-2-1-9-24-12-15/h1-6,9,11-12,19-20,22,25,27H,7-8,10,13-14H2. The average molecular weight is 397 g/mol. The Morgan fingerprint density at radius 3 is 2.83 bits per heavy atom. The number of ether oxygens (including phenoxy) is 1. The molecular formula is C22H24FN3O3. The largest absolute Gasteiger partial charge is 0.390 e. The minimum Gasteiger partial charge on any atom is -0.390 e. The van der Waals surface area contributed by atoms with Crippen molar-refractivity contribution in [1.82, 2.24) is 15.5 Å². The zero-order chi connectivity index (χ0) is 20.1. The number of rotatable bonds is 7. The molecule has 4 rings (SSSR count). The Balaban J connectivity index is 1.30. The molecule has 0 bridgehead atoms. The van der Waals surface area contributed by atoms with Crippen molar-refractivity contribution in [2.45, 2.75) is 44.1 Å². The topological polar surface area (TPSA) is 80.4 Å². The zero-order valence-corrected chi connectivity index (χ0v) is 16.0. The number of nitrogens with one attached hydrogen (secondary N) is 1. The maximum Gasteiger partial charge on any atom is 0.167 e. The molecule has 7 heteroatoms. The van der Waals surface area contributed by atoms with Crippen LogP contribution in [-0.2, 0) is 17.7 Å². The van der Waals surface area contributed by atoms with Gasteiger partial charge in [0, 0.05) is 43.5 Å². The molecule has 2 N–H and O–H groups in total. The van der Waals surface area contributed by atoms with Crippen molar-refractivity contribution in [1.29, 1.82) is 0 Å². The summed E-state index contributed by atoms with van der Waals surface area (Å²) in [6.45, 7) is 1.24. The molecule has 0 radical (unpaired) electrons. The molecule has 3 atom stereocenters. The van der Waals surface area contributed by atoms with Crippen LogP contribution in [0.5, 0.6) is 0 Å². The van der Waals surface area contributed by atoms with Crippen LogP contribution in [0.25, 0.3) is 11.3 Å². The fourth-order valence-corrected chi connectivity index (χ4v) is 3.54. The highest BCUT2D eigenvalue weighted by Crippen LogP contribution is 2.25. The first-order valence-corrected chi connectivity index (χ1v) is 9.82. The van der Waals surface area contributed by atoms with Crippen molar-refractivity contribution in [3.8, 4) is 11.3 Å². The van der Waals surface area contributed by atoms with Crippen LogP contribution in [0.3, 0.4) is 0 Å². The summed E-state index contributed by atoms with van der Waals surface area (Å²) in [6.07, 6.45) is 4.83. The van der Waals surface area contributed by atoms with Gasteiger partial charge in [0.1, 0.15) is 5.82 Å². The van der Waals surface area contributed by atoms with Crippen molar-refractivity contribution in [2.75, 3.05) is 6.54 Å². The number of nitrogens with zero attached hydrogens (tertiary/aromatic N) is 2. The summed E-state index contributed by atoms with van der Waals surface area (Å²) in [5.41, 5.74) is 2.65. The van der Waals surface area contributed by atoms with Crippen LogP contribution in [-0.4, -0.2) is 40.1 Å². The summed E-state index contributed by atoms with van der Waals surface area (Å²) in [7, 11) is 0. The first-order valence-electron chi connectivity index (χ1n) is 9.82. The van der Waals surface area contributed by atoms with Crippen molar-refractivity contribution < 1.29 is 18.8 Å². The number of benzene rings is 1. The summed E-state index contributed by atoms with van der Waals surface area (Å²) in [4.78, 5) is 4.10. The van der Waals surface area contributed by atoms with Crippen LogP contribution in [0, 0.1) is 5.82 Å². The van der Waals surface area contributed by atoms with Gasteiger partial charge >= 0.3 is 0 Å². The summed E-state index contributed by atoms with van der Waals surface area (Å²) in [5, 5.41) is 17.7. The van der Waals surface area contributed by atoms with E-state index < -0.39 is 6.10 Å². The quantitative estimate of drug-likeness (QED) is 0.638. The summed E-state index contributed by atoms with van der Waals surface area (Å²) >= 11 is 0. The monoisotopic (exact) mass is 397 g/mol. The van der Waals surface area contributed by atoms with E-state index in [-0.39, 0.29) is 18.0 Å². The molecule has 3 unspecified atom stereocenters. The normalized spacial score (nSPS) is 21.9. The molecule has 0 saturated carbocycles. The van der Waals surface area contributed by atoms with Gasteiger partial charge < -0.3 is 19.7 Å². The van der Waals surface area contributed by atoms with E-state index in [9.17, 15) is 9.50 Å². The van der Waals surface area contributed by atoms with E-state index in [1.54, 1.807) is 18.3 Å². The molecule has 0 aliphatic carbocycles. The molecule has 1 fully saturated rings. The lowest BCUT2D eigenvalue weighted by atomic mass is 9.98. The Morgan fingerprint density at radius 1 is 1.17 bits per heavy atom. The van der Waals surface area contributed by atoms with Crippen molar-refractivity contribution in [2.24, 2.45) is 0 Å². The van der Waals surface area contributed by atoms with E-state index in [0.717, 1.165) is 23.2 Å². The lowest BCUT2D eigenvalue weighted by Gasteiger charge is -2.34. The van der Waals surface area contributed by atoms with Gasteiger partial charge in [0.15, 0.2) is 5.76 Å². The van der Waals surface area contributed by atoms with Gasteiger partial charge in [0.05, 0.1) is 24.0 Å². The van der Waals surface area contributed by atoms with Gasteiger partial charge in [-0.25, -0.2) is 4.39 Å². The molecule has 1 aromatic carbocycles. The Hall–Kier alpha value is -2.61. The van der Waals surface area contributed by atoms with Crippen LogP contribution in [0.1, 0.15) is 24.1 Å². The second-order valence-electron chi connectivity index (χ2n) is 7.33. The van der Waals surface area contributed by atoms with Gasteiger partial charge in [-0.1, -0.05) is 11.2 Å². The Labute approximate surface area is 168 Å². The van der Waals surface area contributed by atoms with Crippen molar-refractivity contribution in [3.63, 3.8) is 0 Å². The maximum absolute atomic E-state index is 13.1. The van der Waals surface area contributed by atoms with Gasteiger partial charge in [0.2, 0.25) is 0 Å². The van der Waals surface area contributed by atoms with Crippen molar-refractivity contribution >= 4 is 0 Å². The molecule has 29 heavy (non-hydrogen) atoms. The third-order valence-corrected chi connectivity index (χ3v) is 5.10. The molecule has 2 aromatic heterocycles. The summed E-state index contributed by atoms with van der Waals surface area (Å²) in [6, 6.07) is 11.9. The van der Waals surface area contributed by atoms with Gasteiger partial charge in [-0.2, -0.15) is 0 Å². The number of aliphatic hydroxyl groups is 1. The molecule has 1 aliphatic rings. The van der Waals surface area contributed by atoms with E-state index in [1.807, 2.05) is 24.4 Å². The lowest BCUT2D eigenvalue weighted by molar-refractivity contribution is -0.115. The minimum absolute atomic E-state index is 0.0326. The number of aliphatic hydroxyl groups excluding tert-OH is 1. The van der Waals surface area contributed by atoms with Crippen LogP contribution in [0.2, 0.25) is 0 Å². The molecule has 0 amide bonds. The van der Waals surface area contributed by atoms with Gasteiger partial charge in [-0.15, -0.1) is 0 Å². The number of aromatic nitrogens is 2. The van der Waals surface area contributed by atoms with Gasteiger partial charge in [-0.3, -0.25) is 4.98 Å². The molecule has 3 aromatic rings. The molecule has 1 saturated heterocycles. The highest BCUT2D eigenvalue weighted by Gasteiger charge is 2.30. The Bertz CT molecular complexity index is 901. The Kier molecular flexibility index (Phi) is 6.29. The lowest BCUT2D eigenvalue weighted by Crippen LogP contribution is -2.45. The molecular weight excluding hydrogens is 373 g/mol. The number of hydrogen-bond donors (Lipinski definition) is 2. The molecule has 3 heterocycles. The van der Waals surface area contributed by atoms with E-state index in [0.29, 0.717) is 31.7 Å². The smallest absolute Gasteiger partial charge is 0.167 e. The Morgan fingerprint density at radius 2 is 2.03 bits per heavy atom. The second-order valence-corrected chi connectivity index (χ2v) is 7.33. The van der Waals surface area contributed by atoms with Gasteiger partial charge in [-0.05, 0) is 48.7 Å². The minimum atomic E-state index is -0.486. The first-order chi connectivity index (χ1) is 14.2. The van der Waals surface area contributed by atoms with E-state index in [4.69, 9.17) is 9.26 Å². The van der Waals surface area contributed by atoms with E-state index in [1.165, 1.54) is 12.1 Å². The van der Waals surface area contributed by atoms with E-state index in [2.05, 4.69) is 15.5 Å². The predicted molar refractivity (Wildman–Crippen MR) is 105 cm³/mol. The predicted octanol–water partition coefficient (Wildman–Crippen LogP) is 3.12. The van der Waals surface area contributed by atoms with Crippen LogP contribution in [0.4, 0.5) is 4.39 Å². The third kappa shape index (κ3) is 5.26. The maximum atomic E-state index is 13.1. The summed E-state index contributed by atoms with van der Waals surface area (Å²) in [5.74, 6) is 0.316. The molecule has 1 aliphatic heterocycles. The van der Waals surface area contributed by atoms with Crippen molar-refractivity contribution in [3.05, 3.63) is 71.9 Å². The highest BCUT2D eigenvalue weighted by molar-refractivity contribution is 5.57. The van der Waals surface area contributed by atoms with Gasteiger partial charge in [0.25, 0.3) is 0 Å². The molecule has 0 spiro atoms. The van der Waals surface area contributed by atoms with Crippen LogP contribution in [0.15, 0.2) is 59.4 Å². The number of hydrogen-bond acceptors (Lipinski definition) is 6. The zero-order valence-electron chi connectivity index (χ0n) is 16.0. The fourth-order valence-electron chi connectivity index (χ4n) is 3.54. The highest BCUT2D eigenvalue weighted by atomic mass is 19.1.